The fourth-order valence-corrected chi connectivity index (χ4v) is 10.4. The number of halogens is 1. The zero-order chi connectivity index (χ0) is 49.3. The van der Waals surface area contributed by atoms with E-state index in [0.717, 1.165) is 93.0 Å². The number of carbonyl (C=O) groups is 3. The van der Waals surface area contributed by atoms with Crippen molar-refractivity contribution in [3.05, 3.63) is 112 Å². The number of aromatic nitrogens is 3. The van der Waals surface area contributed by atoms with Crippen molar-refractivity contribution >= 4 is 68.1 Å². The highest BCUT2D eigenvalue weighted by molar-refractivity contribution is 9.10. The highest BCUT2D eigenvalue weighted by atomic mass is 79.9. The molecule has 3 amide bonds. The molecule has 0 unspecified atom stereocenters. The van der Waals surface area contributed by atoms with E-state index >= 15 is 0 Å². The van der Waals surface area contributed by atoms with Gasteiger partial charge in [-0.3, -0.25) is 14.4 Å². The summed E-state index contributed by atoms with van der Waals surface area (Å²) in [6.07, 6.45) is 6.50. The summed E-state index contributed by atoms with van der Waals surface area (Å²) in [6.45, 7) is 13.4. The molecule has 3 atom stereocenters. The number of aliphatic hydroxyl groups is 1. The molecule has 2 aromatic heterocycles. The van der Waals surface area contributed by atoms with E-state index in [0.29, 0.717) is 50.4 Å². The smallest absolute Gasteiger partial charge is 0.246 e. The van der Waals surface area contributed by atoms with Crippen molar-refractivity contribution in [3.63, 3.8) is 0 Å². The van der Waals surface area contributed by atoms with Crippen molar-refractivity contribution in [1.29, 1.82) is 0 Å². The quantitative estimate of drug-likeness (QED) is 0.0486. The van der Waals surface area contributed by atoms with Crippen molar-refractivity contribution in [2.75, 3.05) is 50.5 Å². The van der Waals surface area contributed by atoms with Crippen LogP contribution < -0.4 is 25.4 Å². The number of thiazole rings is 1. The molecule has 370 valence electrons. The molecule has 1 aliphatic carbocycles. The predicted molar refractivity (Wildman–Crippen MR) is 278 cm³/mol. The minimum atomic E-state index is -0.821. The number of anilines is 3. The van der Waals surface area contributed by atoms with Gasteiger partial charge in [0.2, 0.25) is 23.7 Å². The average Bonchev–Trinajstić information content (AvgIpc) is 4.05. The van der Waals surface area contributed by atoms with Gasteiger partial charge in [0.25, 0.3) is 0 Å². The molecule has 70 heavy (non-hydrogen) atoms. The normalized spacial score (nSPS) is 17.0. The van der Waals surface area contributed by atoms with Crippen LogP contribution in [-0.4, -0.2) is 111 Å². The summed E-state index contributed by atoms with van der Waals surface area (Å²) >= 11 is 5.10. The van der Waals surface area contributed by atoms with Crippen LogP contribution in [0.2, 0.25) is 0 Å². The monoisotopic (exact) mass is 1030 g/mol. The molecule has 0 radical (unpaired) electrons. The van der Waals surface area contributed by atoms with Crippen molar-refractivity contribution in [2.24, 2.45) is 11.8 Å². The molecule has 2 aliphatic heterocycles. The number of carbonyl (C=O) groups excluding carboxylic acids is 3. The Hall–Kier alpha value is -6.04. The van der Waals surface area contributed by atoms with Crippen LogP contribution in [0.5, 0.6) is 11.5 Å². The minimum Gasteiger partial charge on any atom is -0.494 e. The Bertz CT molecular complexity index is 2640. The van der Waals surface area contributed by atoms with Crippen LogP contribution in [0.3, 0.4) is 0 Å². The van der Waals surface area contributed by atoms with Gasteiger partial charge in [0.15, 0.2) is 0 Å². The van der Waals surface area contributed by atoms with Gasteiger partial charge < -0.3 is 45.2 Å². The number of hydrogen-bond acceptors (Lipinski definition) is 13. The van der Waals surface area contributed by atoms with E-state index in [1.54, 1.807) is 22.4 Å². The lowest BCUT2D eigenvalue weighted by molar-refractivity contribution is -0.143. The summed E-state index contributed by atoms with van der Waals surface area (Å²) in [7, 11) is 1.88. The third-order valence-electron chi connectivity index (χ3n) is 13.3. The number of hydrogen-bond donors (Lipinski definition) is 4. The summed E-state index contributed by atoms with van der Waals surface area (Å²) in [5.74, 6) is 2.39. The standard InChI is InChI=1S/C53H64BrN9O6S/c1-33(2)47(62-30-39-12-6-7-15-43(39)35(62)4)52(67)63-31-41(64)27-45(63)50(65)56-28-38-17-16-37(48-34(3)58-32-70-48)26-46(38)69-25-9-8-24-68-42-20-18-40(19-21-42)59-53-57-29-44(54)49(60-53)55-22-11-23-61(5)51(66)36-13-10-14-36/h6-7,12,15-21,26,29,32-33,36,41,45,47,64H,4,8-11,13-14,22-25,27-28,30-31H2,1-3,5H3,(H,56,65)(H2,55,57,59,60)/t41-,45+,47+/m1/s1. The van der Waals surface area contributed by atoms with Gasteiger partial charge >= 0.3 is 0 Å². The molecular formula is C53H64BrN9O6S. The van der Waals surface area contributed by atoms with Gasteiger partial charge in [-0.25, -0.2) is 9.97 Å². The summed E-state index contributed by atoms with van der Waals surface area (Å²) in [4.78, 5) is 60.8. The first-order valence-electron chi connectivity index (χ1n) is 24.3. The molecule has 8 rings (SSSR count). The van der Waals surface area contributed by atoms with Crippen molar-refractivity contribution < 1.29 is 29.0 Å². The topological polar surface area (TPSA) is 174 Å². The van der Waals surface area contributed by atoms with Crippen LogP contribution in [0.1, 0.15) is 81.2 Å². The molecular weight excluding hydrogens is 971 g/mol. The second kappa shape index (κ2) is 23.3. The molecule has 1 saturated heterocycles. The maximum atomic E-state index is 14.4. The number of ether oxygens (including phenoxy) is 2. The number of aryl methyl sites for hydroxylation is 1. The van der Waals surface area contributed by atoms with Crippen LogP contribution in [-0.2, 0) is 27.5 Å². The molecule has 15 nitrogen and oxygen atoms in total. The van der Waals surface area contributed by atoms with E-state index in [9.17, 15) is 19.5 Å². The van der Waals surface area contributed by atoms with Gasteiger partial charge in [-0.15, -0.1) is 11.3 Å². The zero-order valence-electron chi connectivity index (χ0n) is 40.5. The number of fused-ring (bicyclic) bond motifs is 1. The van der Waals surface area contributed by atoms with Gasteiger partial charge in [0.05, 0.1) is 39.9 Å². The highest BCUT2D eigenvalue weighted by Crippen LogP contribution is 2.37. The molecule has 0 spiro atoms. The minimum absolute atomic E-state index is 0.0654. The first-order valence-corrected chi connectivity index (χ1v) is 26.0. The Kier molecular flexibility index (Phi) is 16.7. The number of nitrogens with zero attached hydrogens (tertiary/aromatic N) is 6. The average molecular weight is 1040 g/mol. The lowest BCUT2D eigenvalue weighted by Crippen LogP contribution is -2.54. The van der Waals surface area contributed by atoms with Crippen LogP contribution >= 0.6 is 27.3 Å². The Morgan fingerprint density at radius 2 is 1.79 bits per heavy atom. The molecule has 4 N–H and O–H groups in total. The Labute approximate surface area is 423 Å². The summed E-state index contributed by atoms with van der Waals surface area (Å²) in [5.41, 5.74) is 8.27. The number of amides is 3. The predicted octanol–water partition coefficient (Wildman–Crippen LogP) is 8.80. The van der Waals surface area contributed by atoms with E-state index in [4.69, 9.17) is 9.47 Å². The third kappa shape index (κ3) is 12.1. The van der Waals surface area contributed by atoms with Crippen LogP contribution in [0.25, 0.3) is 16.1 Å². The summed E-state index contributed by atoms with van der Waals surface area (Å²) < 4.78 is 13.2. The van der Waals surface area contributed by atoms with Gasteiger partial charge in [0, 0.05) is 80.8 Å². The Balaban J connectivity index is 0.813. The fraction of sp³-hybridized carbons (Fsp3) is 0.434. The van der Waals surface area contributed by atoms with Crippen LogP contribution in [0, 0.1) is 18.8 Å². The summed E-state index contributed by atoms with van der Waals surface area (Å²) in [5, 5.41) is 20.5. The number of nitrogens with one attached hydrogen (secondary N) is 3. The molecule has 1 saturated carbocycles. The van der Waals surface area contributed by atoms with E-state index in [-0.39, 0.29) is 49.1 Å². The Morgan fingerprint density at radius 1 is 1.01 bits per heavy atom. The van der Waals surface area contributed by atoms with Gasteiger partial charge in [-0.2, -0.15) is 4.98 Å². The number of β-amino-alcohol motifs (C(OH)–C–C–N with tert-alkyl or cyclic N) is 1. The molecule has 17 heteroatoms. The number of rotatable bonds is 22. The molecule has 5 aromatic rings. The maximum Gasteiger partial charge on any atom is 0.246 e. The zero-order valence-corrected chi connectivity index (χ0v) is 42.9. The SMILES string of the molecule is C=C1c2ccccc2CN1[C@H](C(=O)N1C[C@H](O)C[C@H]1C(=O)NCc1ccc(-c2scnc2C)cc1OCCCCOc1ccc(Nc2ncc(Br)c(NCCCN(C)C(=O)C3CCC3)n2)cc1)C(C)C. The first kappa shape index (κ1) is 50.4. The molecule has 2 fully saturated rings. The lowest BCUT2D eigenvalue weighted by atomic mass is 9.84. The van der Waals surface area contributed by atoms with Gasteiger partial charge in [-0.1, -0.05) is 63.2 Å². The third-order valence-corrected chi connectivity index (χ3v) is 14.9. The number of unbranched alkanes of at least 4 members (excludes halogenated alkanes) is 1. The van der Waals surface area contributed by atoms with E-state index in [1.165, 1.54) is 0 Å². The van der Waals surface area contributed by atoms with Crippen molar-refractivity contribution in [1.82, 2.24) is 35.0 Å². The number of benzene rings is 3. The number of likely N-dealkylation sites (tertiary alicyclic amines) is 1. The van der Waals surface area contributed by atoms with Crippen molar-refractivity contribution in [3.8, 4) is 21.9 Å². The van der Waals surface area contributed by atoms with Crippen LogP contribution in [0.15, 0.2) is 89.5 Å². The summed E-state index contributed by atoms with van der Waals surface area (Å²) in [6, 6.07) is 20.3. The Morgan fingerprint density at radius 3 is 2.50 bits per heavy atom. The van der Waals surface area contributed by atoms with E-state index < -0.39 is 18.2 Å². The highest BCUT2D eigenvalue weighted by Gasteiger charge is 2.44. The van der Waals surface area contributed by atoms with Crippen LogP contribution in [0.4, 0.5) is 17.5 Å². The number of aliphatic hydroxyl groups excluding tert-OH is 1. The second-order valence-corrected chi connectivity index (χ2v) is 20.4. The molecule has 3 aliphatic rings. The van der Waals surface area contributed by atoms with E-state index in [1.807, 2.05) is 104 Å². The van der Waals surface area contributed by atoms with E-state index in [2.05, 4.69) is 59.5 Å². The molecule has 4 heterocycles. The lowest BCUT2D eigenvalue weighted by Gasteiger charge is -2.36. The second-order valence-electron chi connectivity index (χ2n) is 18.7. The maximum absolute atomic E-state index is 14.4. The largest absolute Gasteiger partial charge is 0.494 e. The fourth-order valence-electron chi connectivity index (χ4n) is 9.24. The molecule has 3 aromatic carbocycles. The van der Waals surface area contributed by atoms with Gasteiger partial charge in [0.1, 0.15) is 29.4 Å². The van der Waals surface area contributed by atoms with Crippen molar-refractivity contribution in [2.45, 2.75) is 97.0 Å². The van der Waals surface area contributed by atoms with Gasteiger partial charge in [-0.05, 0) is 102 Å². The first-order chi connectivity index (χ1) is 33.8. The molecule has 0 bridgehead atoms.